The minimum absolute atomic E-state index is 0.118. The van der Waals surface area contributed by atoms with Gasteiger partial charge in [0, 0.05) is 22.3 Å². The molecule has 0 bridgehead atoms. The molecule has 3 aromatic rings. The monoisotopic (exact) mass is 389 g/mol. The SMILES string of the molecule is O=S(=O)(CCCO)Nc1cc(Sc2ccccc2)c(O)c2ccccc12. The number of aliphatic hydroxyl groups is 1. The molecule has 0 radical (unpaired) electrons. The van der Waals surface area contributed by atoms with Crippen molar-refractivity contribution in [2.24, 2.45) is 0 Å². The Morgan fingerprint density at radius 1 is 0.962 bits per heavy atom. The molecule has 0 heterocycles. The molecule has 0 aliphatic heterocycles. The first-order chi connectivity index (χ1) is 12.5. The molecule has 0 saturated heterocycles. The van der Waals surface area contributed by atoms with E-state index in [-0.39, 0.29) is 24.5 Å². The molecular weight excluding hydrogens is 370 g/mol. The van der Waals surface area contributed by atoms with Crippen molar-refractivity contribution < 1.29 is 18.6 Å². The zero-order valence-electron chi connectivity index (χ0n) is 13.9. The van der Waals surface area contributed by atoms with Crippen LogP contribution in [0.25, 0.3) is 10.8 Å². The number of anilines is 1. The Labute approximate surface area is 156 Å². The van der Waals surface area contributed by atoms with Crippen LogP contribution in [0.4, 0.5) is 5.69 Å². The molecule has 0 aliphatic carbocycles. The van der Waals surface area contributed by atoms with Crippen LogP contribution in [-0.2, 0) is 10.0 Å². The molecule has 0 saturated carbocycles. The molecule has 5 nitrogen and oxygen atoms in total. The number of phenols is 1. The Kier molecular flexibility index (Phi) is 5.70. The zero-order chi connectivity index (χ0) is 18.6. The van der Waals surface area contributed by atoms with Crippen molar-refractivity contribution in [2.45, 2.75) is 16.2 Å². The molecule has 0 unspecified atom stereocenters. The summed E-state index contributed by atoms with van der Waals surface area (Å²) in [7, 11) is -3.59. The number of hydrogen-bond acceptors (Lipinski definition) is 5. The molecule has 0 amide bonds. The summed E-state index contributed by atoms with van der Waals surface area (Å²) >= 11 is 1.36. The molecule has 0 atom stereocenters. The maximum absolute atomic E-state index is 12.3. The molecule has 3 aromatic carbocycles. The smallest absolute Gasteiger partial charge is 0.232 e. The number of aliphatic hydroxyl groups excluding tert-OH is 1. The van der Waals surface area contributed by atoms with E-state index in [1.54, 1.807) is 30.3 Å². The topological polar surface area (TPSA) is 86.6 Å². The largest absolute Gasteiger partial charge is 0.506 e. The number of rotatable bonds is 7. The van der Waals surface area contributed by atoms with Crippen LogP contribution in [0.15, 0.2) is 70.5 Å². The fourth-order valence-corrected chi connectivity index (χ4v) is 4.63. The molecule has 0 fully saturated rings. The number of phenolic OH excluding ortho intramolecular Hbond substituents is 1. The van der Waals surface area contributed by atoms with E-state index < -0.39 is 10.0 Å². The van der Waals surface area contributed by atoms with Gasteiger partial charge in [0.05, 0.1) is 16.3 Å². The minimum Gasteiger partial charge on any atom is -0.506 e. The zero-order valence-corrected chi connectivity index (χ0v) is 15.6. The van der Waals surface area contributed by atoms with Gasteiger partial charge in [-0.1, -0.05) is 54.2 Å². The number of benzene rings is 3. The van der Waals surface area contributed by atoms with Crippen LogP contribution in [0.2, 0.25) is 0 Å². The summed E-state index contributed by atoms with van der Waals surface area (Å²) in [5, 5.41) is 20.7. The molecule has 3 rings (SSSR count). The number of sulfonamides is 1. The fourth-order valence-electron chi connectivity index (χ4n) is 2.59. The van der Waals surface area contributed by atoms with Crippen LogP contribution in [0, 0.1) is 0 Å². The van der Waals surface area contributed by atoms with E-state index >= 15 is 0 Å². The first-order valence-electron chi connectivity index (χ1n) is 8.09. The van der Waals surface area contributed by atoms with Gasteiger partial charge < -0.3 is 10.2 Å². The highest BCUT2D eigenvalue weighted by molar-refractivity contribution is 7.99. The van der Waals surface area contributed by atoms with E-state index in [2.05, 4.69) is 4.72 Å². The number of nitrogens with one attached hydrogen (secondary N) is 1. The van der Waals surface area contributed by atoms with Crippen molar-refractivity contribution >= 4 is 38.2 Å². The summed E-state index contributed by atoms with van der Waals surface area (Å²) in [6.07, 6.45) is 0.164. The third kappa shape index (κ3) is 4.30. The molecule has 0 aliphatic rings. The van der Waals surface area contributed by atoms with E-state index in [4.69, 9.17) is 5.11 Å². The number of aromatic hydroxyl groups is 1. The van der Waals surface area contributed by atoms with Crippen LogP contribution in [0.1, 0.15) is 6.42 Å². The first-order valence-corrected chi connectivity index (χ1v) is 10.6. The van der Waals surface area contributed by atoms with Gasteiger partial charge in [0.2, 0.25) is 10.0 Å². The normalized spacial score (nSPS) is 11.6. The van der Waals surface area contributed by atoms with Crippen molar-refractivity contribution in [1.29, 1.82) is 0 Å². The van der Waals surface area contributed by atoms with Crippen LogP contribution in [0.5, 0.6) is 5.75 Å². The van der Waals surface area contributed by atoms with E-state index in [1.165, 1.54) is 11.8 Å². The highest BCUT2D eigenvalue weighted by Gasteiger charge is 2.16. The van der Waals surface area contributed by atoms with Gasteiger partial charge in [-0.25, -0.2) is 8.42 Å². The van der Waals surface area contributed by atoms with E-state index in [0.29, 0.717) is 21.4 Å². The van der Waals surface area contributed by atoms with Crippen LogP contribution in [-0.4, -0.2) is 31.0 Å². The van der Waals surface area contributed by atoms with Crippen molar-refractivity contribution in [3.05, 3.63) is 60.7 Å². The third-order valence-corrected chi connectivity index (χ3v) is 6.18. The Balaban J connectivity index is 2.05. The highest BCUT2D eigenvalue weighted by atomic mass is 32.2. The predicted octanol–water partition coefficient (Wildman–Crippen LogP) is 3.82. The second kappa shape index (κ2) is 7.99. The number of fused-ring (bicyclic) bond motifs is 1. The van der Waals surface area contributed by atoms with Gasteiger partial charge in [0.15, 0.2) is 0 Å². The summed E-state index contributed by atoms with van der Waals surface area (Å²) in [6, 6.07) is 18.3. The number of hydrogen-bond donors (Lipinski definition) is 3. The maximum Gasteiger partial charge on any atom is 0.232 e. The van der Waals surface area contributed by atoms with Gasteiger partial charge in [-0.15, -0.1) is 0 Å². The average Bonchev–Trinajstić information content (AvgIpc) is 2.64. The van der Waals surface area contributed by atoms with Crippen LogP contribution >= 0.6 is 11.8 Å². The molecule has 26 heavy (non-hydrogen) atoms. The maximum atomic E-state index is 12.3. The van der Waals surface area contributed by atoms with E-state index in [0.717, 1.165) is 4.90 Å². The Morgan fingerprint density at radius 3 is 2.31 bits per heavy atom. The minimum atomic E-state index is -3.59. The molecule has 3 N–H and O–H groups in total. The van der Waals surface area contributed by atoms with Gasteiger partial charge in [-0.05, 0) is 24.6 Å². The standard InChI is InChI=1S/C19H19NO4S2/c21-11-6-12-26(23,24)20-17-13-18(25-14-7-2-1-3-8-14)19(22)16-10-5-4-9-15(16)17/h1-5,7-10,13,20-22H,6,11-12H2. The van der Waals surface area contributed by atoms with Gasteiger partial charge >= 0.3 is 0 Å². The Bertz CT molecular complexity index is 1000. The molecule has 7 heteroatoms. The lowest BCUT2D eigenvalue weighted by atomic mass is 10.1. The van der Waals surface area contributed by atoms with Crippen molar-refractivity contribution in [1.82, 2.24) is 0 Å². The second-order valence-corrected chi connectivity index (χ2v) is 8.69. The van der Waals surface area contributed by atoms with Crippen molar-refractivity contribution in [3.63, 3.8) is 0 Å². The van der Waals surface area contributed by atoms with Crippen LogP contribution < -0.4 is 4.72 Å². The summed E-state index contributed by atoms with van der Waals surface area (Å²) < 4.78 is 27.1. The van der Waals surface area contributed by atoms with Gasteiger partial charge in [0.1, 0.15) is 5.75 Å². The lowest BCUT2D eigenvalue weighted by Gasteiger charge is -2.14. The first kappa shape index (κ1) is 18.6. The molecule has 0 spiro atoms. The van der Waals surface area contributed by atoms with Crippen molar-refractivity contribution in [2.75, 3.05) is 17.1 Å². The fraction of sp³-hybridized carbons (Fsp3) is 0.158. The molecular formula is C19H19NO4S2. The van der Waals surface area contributed by atoms with E-state index in [9.17, 15) is 13.5 Å². The molecule has 0 aromatic heterocycles. The lowest BCUT2D eigenvalue weighted by Crippen LogP contribution is -2.17. The van der Waals surface area contributed by atoms with E-state index in [1.807, 2.05) is 30.3 Å². The summed E-state index contributed by atoms with van der Waals surface area (Å²) in [6.45, 7) is -0.188. The van der Waals surface area contributed by atoms with Crippen molar-refractivity contribution in [3.8, 4) is 5.75 Å². The predicted molar refractivity (Wildman–Crippen MR) is 105 cm³/mol. The third-order valence-electron chi connectivity index (χ3n) is 3.79. The average molecular weight is 389 g/mol. The summed E-state index contributed by atoms with van der Waals surface area (Å²) in [5.41, 5.74) is 0.412. The Morgan fingerprint density at radius 2 is 1.62 bits per heavy atom. The Hall–Kier alpha value is -2.22. The van der Waals surface area contributed by atoms with Gasteiger partial charge in [-0.3, -0.25) is 4.72 Å². The summed E-state index contributed by atoms with van der Waals surface area (Å²) in [5.74, 6) is -0.0485. The molecule has 136 valence electrons. The summed E-state index contributed by atoms with van der Waals surface area (Å²) in [4.78, 5) is 1.50. The van der Waals surface area contributed by atoms with Gasteiger partial charge in [0.25, 0.3) is 0 Å². The second-order valence-electron chi connectivity index (χ2n) is 5.73. The van der Waals surface area contributed by atoms with Gasteiger partial charge in [-0.2, -0.15) is 0 Å². The highest BCUT2D eigenvalue weighted by Crippen LogP contribution is 2.42. The quantitative estimate of drug-likeness (QED) is 0.535. The lowest BCUT2D eigenvalue weighted by molar-refractivity contribution is 0.295. The van der Waals surface area contributed by atoms with Crippen LogP contribution in [0.3, 0.4) is 0 Å².